The Morgan fingerprint density at radius 3 is 1.38 bits per heavy atom. The Kier molecular flexibility index (Phi) is 20.9. The Bertz CT molecular complexity index is 697. The molecule has 0 aliphatic carbocycles. The lowest BCUT2D eigenvalue weighted by Crippen LogP contribution is -2.22. The lowest BCUT2D eigenvalue weighted by atomic mass is 9.78. The van der Waals surface area contributed by atoms with Crippen LogP contribution in [0.3, 0.4) is 0 Å². The molecule has 2 heteroatoms. The van der Waals surface area contributed by atoms with Gasteiger partial charge in [0.2, 0.25) is 6.17 Å². The molecule has 0 spiro atoms. The topological polar surface area (TPSA) is 24.7 Å². The van der Waals surface area contributed by atoms with Crippen molar-refractivity contribution in [3.63, 3.8) is 0 Å². The van der Waals surface area contributed by atoms with E-state index in [1.165, 1.54) is 153 Å². The van der Waals surface area contributed by atoms with Crippen molar-refractivity contribution in [2.45, 2.75) is 168 Å². The van der Waals surface area contributed by atoms with Crippen LogP contribution in [-0.2, 0) is 6.42 Å². The monoisotopic (exact) mass is 535 g/mol. The minimum atomic E-state index is 0.498. The maximum Gasteiger partial charge on any atom is 0.244 e. The molecule has 1 aliphatic rings. The summed E-state index contributed by atoms with van der Waals surface area (Å²) in [6.07, 6.45) is 38.2. The molecule has 0 saturated carbocycles. The smallest absolute Gasteiger partial charge is 0.0965 e. The predicted octanol–water partition coefficient (Wildman–Crippen LogP) is 12.1. The molecule has 220 valence electrons. The van der Waals surface area contributed by atoms with Gasteiger partial charge in [-0.25, -0.2) is 0 Å². The van der Waals surface area contributed by atoms with Gasteiger partial charge in [-0.05, 0) is 30.7 Å². The minimum Gasteiger partial charge on any atom is -0.0965 e. The Hall–Kier alpha value is -1.57. The lowest BCUT2D eigenvalue weighted by molar-refractivity contribution is 0.284. The third-order valence-electron chi connectivity index (χ3n) is 8.77. The highest BCUT2D eigenvalue weighted by Gasteiger charge is 2.35. The van der Waals surface area contributed by atoms with E-state index in [0.717, 1.165) is 12.6 Å². The number of benzene rings is 1. The van der Waals surface area contributed by atoms with Crippen molar-refractivity contribution in [3.8, 4) is 0 Å². The van der Waals surface area contributed by atoms with Crippen molar-refractivity contribution in [1.82, 2.24) is 0 Å². The average Bonchev–Trinajstić information content (AvgIpc) is 3.49. The molecule has 2 nitrogen and oxygen atoms in total. The Balaban J connectivity index is 1.64. The molecule has 1 aliphatic heterocycles. The van der Waals surface area contributed by atoms with Gasteiger partial charge in [-0.1, -0.05) is 189 Å². The van der Waals surface area contributed by atoms with E-state index < -0.39 is 0 Å². The van der Waals surface area contributed by atoms with E-state index in [4.69, 9.17) is 9.98 Å². The number of hydrogen-bond donors (Lipinski definition) is 0. The van der Waals surface area contributed by atoms with Gasteiger partial charge in [0.15, 0.2) is 12.4 Å². The van der Waals surface area contributed by atoms with Crippen LogP contribution in [0.25, 0.3) is 0 Å². The third kappa shape index (κ3) is 17.0. The summed E-state index contributed by atoms with van der Waals surface area (Å²) in [7, 11) is 0. The molecule has 0 radical (unpaired) electrons. The molecule has 39 heavy (non-hydrogen) atoms. The SMILES string of the molecule is CCCCCCCCCCCCCCCCCCC(Cc1ccccc1)C(CCCCCCC)[C+]1N=CC=N1. The van der Waals surface area contributed by atoms with E-state index in [0.29, 0.717) is 11.8 Å². The van der Waals surface area contributed by atoms with Crippen molar-refractivity contribution in [2.75, 3.05) is 0 Å². The van der Waals surface area contributed by atoms with Crippen molar-refractivity contribution >= 4 is 12.4 Å². The van der Waals surface area contributed by atoms with Crippen LogP contribution in [-0.4, -0.2) is 12.4 Å². The quantitative estimate of drug-likeness (QED) is 0.0790. The fourth-order valence-electron chi connectivity index (χ4n) is 6.30. The van der Waals surface area contributed by atoms with Gasteiger partial charge < -0.3 is 0 Å². The van der Waals surface area contributed by atoms with Crippen LogP contribution < -0.4 is 0 Å². The molecular formula is C37H63N2+. The standard InChI is InChI=1S/C37H63N2/c1-3-5-7-9-10-11-12-13-14-15-16-17-18-19-21-25-29-35(33-34-27-23-22-24-28-34)36(37-38-31-32-39-37)30-26-20-8-6-4-2/h22-24,27-28,31-32,35-36H,3-21,25-26,29-30,33H2,1-2H3/q+1. The molecule has 1 aromatic carbocycles. The second kappa shape index (κ2) is 24.2. The first-order valence-electron chi connectivity index (χ1n) is 17.3. The van der Waals surface area contributed by atoms with Crippen molar-refractivity contribution < 1.29 is 0 Å². The molecule has 2 rings (SSSR count). The van der Waals surface area contributed by atoms with Crippen molar-refractivity contribution in [3.05, 3.63) is 42.1 Å². The predicted molar refractivity (Wildman–Crippen MR) is 175 cm³/mol. The van der Waals surface area contributed by atoms with Gasteiger partial charge in [-0.2, -0.15) is 0 Å². The molecular weight excluding hydrogens is 472 g/mol. The highest BCUT2D eigenvalue weighted by Crippen LogP contribution is 2.37. The van der Waals surface area contributed by atoms with Gasteiger partial charge >= 0.3 is 0 Å². The van der Waals surface area contributed by atoms with Gasteiger partial charge in [0.1, 0.15) is 0 Å². The van der Waals surface area contributed by atoms with Crippen molar-refractivity contribution in [2.24, 2.45) is 21.8 Å². The third-order valence-corrected chi connectivity index (χ3v) is 8.77. The zero-order chi connectivity index (χ0) is 27.6. The largest absolute Gasteiger partial charge is 0.244 e. The number of unbranched alkanes of at least 4 members (excludes halogenated alkanes) is 19. The molecule has 2 unspecified atom stereocenters. The number of rotatable bonds is 27. The molecule has 1 heterocycles. The Morgan fingerprint density at radius 1 is 0.513 bits per heavy atom. The summed E-state index contributed by atoms with van der Waals surface area (Å²) in [4.78, 5) is 9.42. The molecule has 0 bridgehead atoms. The van der Waals surface area contributed by atoms with Gasteiger partial charge in [-0.15, -0.1) is 0 Å². The molecule has 0 N–H and O–H groups in total. The van der Waals surface area contributed by atoms with Crippen molar-refractivity contribution in [1.29, 1.82) is 0 Å². The van der Waals surface area contributed by atoms with E-state index >= 15 is 0 Å². The fourth-order valence-corrected chi connectivity index (χ4v) is 6.30. The molecule has 0 amide bonds. The molecule has 1 aromatic rings. The number of aliphatic imine (C=N–C) groups is 2. The maximum absolute atomic E-state index is 4.71. The van der Waals surface area contributed by atoms with E-state index in [1.54, 1.807) is 0 Å². The molecule has 0 saturated heterocycles. The van der Waals surface area contributed by atoms with Gasteiger partial charge in [0.25, 0.3) is 0 Å². The van der Waals surface area contributed by atoms with E-state index in [1.807, 2.05) is 12.4 Å². The lowest BCUT2D eigenvalue weighted by Gasteiger charge is -2.26. The minimum absolute atomic E-state index is 0.498. The van der Waals surface area contributed by atoms with Crippen LogP contribution in [0.1, 0.15) is 167 Å². The normalized spacial score (nSPS) is 14.4. The summed E-state index contributed by atoms with van der Waals surface area (Å²) in [6.45, 7) is 4.60. The van der Waals surface area contributed by atoms with Crippen LogP contribution in [0.15, 0.2) is 40.3 Å². The summed E-state index contributed by atoms with van der Waals surface area (Å²) in [6, 6.07) is 11.1. The van der Waals surface area contributed by atoms with Gasteiger partial charge in [0, 0.05) is 0 Å². The first-order chi connectivity index (χ1) is 19.3. The fraction of sp³-hybridized carbons (Fsp3) is 0.757. The summed E-state index contributed by atoms with van der Waals surface area (Å²) in [5.41, 5.74) is 1.47. The number of nitrogens with zero attached hydrogens (tertiary/aromatic N) is 2. The second-order valence-corrected chi connectivity index (χ2v) is 12.3. The highest BCUT2D eigenvalue weighted by atomic mass is 15.0. The van der Waals surface area contributed by atoms with Gasteiger partial charge in [-0.3, -0.25) is 0 Å². The molecule has 2 atom stereocenters. The molecule has 0 aromatic heterocycles. The van der Waals surface area contributed by atoms with E-state index in [9.17, 15) is 0 Å². The van der Waals surface area contributed by atoms with Gasteiger partial charge in [0.05, 0.1) is 5.92 Å². The Labute approximate surface area is 244 Å². The van der Waals surface area contributed by atoms with E-state index in [-0.39, 0.29) is 0 Å². The zero-order valence-corrected chi connectivity index (χ0v) is 26.1. The van der Waals surface area contributed by atoms with E-state index in [2.05, 4.69) is 44.2 Å². The maximum atomic E-state index is 4.71. The van der Waals surface area contributed by atoms with Crippen LogP contribution in [0.4, 0.5) is 0 Å². The second-order valence-electron chi connectivity index (χ2n) is 12.3. The number of hydrogen-bond acceptors (Lipinski definition) is 2. The first-order valence-corrected chi connectivity index (χ1v) is 17.3. The summed E-state index contributed by atoms with van der Waals surface area (Å²) in [5.74, 6) is 1.14. The summed E-state index contributed by atoms with van der Waals surface area (Å²) >= 11 is 0. The van der Waals surface area contributed by atoms with Crippen LogP contribution >= 0.6 is 0 Å². The highest BCUT2D eigenvalue weighted by molar-refractivity contribution is 6.18. The summed E-state index contributed by atoms with van der Waals surface area (Å²) in [5, 5.41) is 0. The summed E-state index contributed by atoms with van der Waals surface area (Å²) < 4.78 is 0. The Morgan fingerprint density at radius 2 is 0.923 bits per heavy atom. The first kappa shape index (κ1) is 33.6. The van der Waals surface area contributed by atoms with Crippen LogP contribution in [0.2, 0.25) is 0 Å². The zero-order valence-electron chi connectivity index (χ0n) is 26.1. The molecule has 0 fully saturated rings. The van der Waals surface area contributed by atoms with Crippen LogP contribution in [0, 0.1) is 18.0 Å². The van der Waals surface area contributed by atoms with Crippen LogP contribution in [0.5, 0.6) is 0 Å². The average molecular weight is 536 g/mol.